The molecule has 0 radical (unpaired) electrons. The molecular weight excluding hydrogens is 192 g/mol. The third kappa shape index (κ3) is 12.6. The van der Waals surface area contributed by atoms with Crippen molar-refractivity contribution < 1.29 is 24.6 Å². The Bertz CT molecular complexity index is 262. The molecule has 0 aromatic heterocycles. The van der Waals surface area contributed by atoms with Crippen molar-refractivity contribution in [3.8, 4) is 6.07 Å². The van der Waals surface area contributed by atoms with E-state index in [0.29, 0.717) is 0 Å². The summed E-state index contributed by atoms with van der Waals surface area (Å²) in [6.07, 6.45) is 0. The van der Waals surface area contributed by atoms with Crippen molar-refractivity contribution in [1.82, 2.24) is 0 Å². The maximum atomic E-state index is 10.0. The van der Waals surface area contributed by atoms with E-state index in [1.807, 2.05) is 0 Å². The number of hydrogen-bond acceptors (Lipinski definition) is 5. The molecule has 78 valence electrons. The van der Waals surface area contributed by atoms with Gasteiger partial charge in [0.25, 0.3) is 11.7 Å². The van der Waals surface area contributed by atoms with Crippen molar-refractivity contribution in [2.24, 2.45) is 5.16 Å². The van der Waals surface area contributed by atoms with Gasteiger partial charge >= 0.3 is 5.97 Å². The minimum Gasteiger partial charge on any atom is -0.481 e. The second kappa shape index (κ2) is 8.99. The lowest BCUT2D eigenvalue weighted by atomic mass is 10.4. The van der Waals surface area contributed by atoms with Crippen LogP contribution in [0.25, 0.3) is 0 Å². The smallest absolute Gasteiger partial charge is 0.369 e. The molecule has 0 aliphatic heterocycles. The van der Waals surface area contributed by atoms with E-state index >= 15 is 0 Å². The zero-order valence-electron chi connectivity index (χ0n) is 7.72. The van der Waals surface area contributed by atoms with Gasteiger partial charge in [0.05, 0.1) is 0 Å². The van der Waals surface area contributed by atoms with Crippen molar-refractivity contribution in [1.29, 1.82) is 5.26 Å². The third-order valence-electron chi connectivity index (χ3n) is 0.593. The second-order valence-electron chi connectivity index (χ2n) is 1.79. The highest BCUT2D eigenvalue weighted by Gasteiger charge is 2.07. The van der Waals surface area contributed by atoms with Crippen LogP contribution in [0.5, 0.6) is 0 Å². The average Bonchev–Trinajstić information content (AvgIpc) is 2.04. The standard InChI is InChI=1S/C5H6N2O3.C2H4O2/c1-2-10-7-4(3-6)5(8)9;1-2(3)4/h2H2,1H3,(H,8,9);1H3,(H,3,4). The molecule has 0 bridgehead atoms. The molecule has 0 saturated heterocycles. The van der Waals surface area contributed by atoms with E-state index < -0.39 is 17.7 Å². The quantitative estimate of drug-likeness (QED) is 0.493. The number of oxime groups is 1. The first kappa shape index (κ1) is 14.4. The van der Waals surface area contributed by atoms with Crippen LogP contribution in [-0.4, -0.2) is 34.5 Å². The van der Waals surface area contributed by atoms with Crippen molar-refractivity contribution >= 4 is 17.7 Å². The molecule has 7 nitrogen and oxygen atoms in total. The predicted molar refractivity (Wildman–Crippen MR) is 45.6 cm³/mol. The summed E-state index contributed by atoms with van der Waals surface area (Å²) in [6.45, 7) is 2.97. The van der Waals surface area contributed by atoms with Crippen molar-refractivity contribution in [3.05, 3.63) is 0 Å². The van der Waals surface area contributed by atoms with Gasteiger partial charge in [0.1, 0.15) is 12.7 Å². The molecule has 14 heavy (non-hydrogen) atoms. The average molecular weight is 202 g/mol. The van der Waals surface area contributed by atoms with E-state index in [2.05, 4.69) is 9.99 Å². The summed E-state index contributed by atoms with van der Waals surface area (Å²) < 4.78 is 0. The van der Waals surface area contributed by atoms with Crippen molar-refractivity contribution in [3.63, 3.8) is 0 Å². The molecule has 0 aliphatic carbocycles. The highest BCUT2D eigenvalue weighted by molar-refractivity contribution is 6.42. The van der Waals surface area contributed by atoms with Crippen LogP contribution in [0.3, 0.4) is 0 Å². The van der Waals surface area contributed by atoms with Gasteiger partial charge in [-0.15, -0.1) is 0 Å². The molecule has 0 amide bonds. The van der Waals surface area contributed by atoms with Crippen LogP contribution in [0.1, 0.15) is 13.8 Å². The summed E-state index contributed by atoms with van der Waals surface area (Å²) >= 11 is 0. The summed E-state index contributed by atoms with van der Waals surface area (Å²) in [6, 6.07) is 1.36. The minimum absolute atomic E-state index is 0.248. The van der Waals surface area contributed by atoms with Gasteiger partial charge in [-0.25, -0.2) is 4.79 Å². The molecule has 0 fully saturated rings. The first-order valence-corrected chi connectivity index (χ1v) is 3.48. The highest BCUT2D eigenvalue weighted by atomic mass is 16.6. The fraction of sp³-hybridized carbons (Fsp3) is 0.429. The zero-order chi connectivity index (χ0) is 11.6. The maximum absolute atomic E-state index is 10.0. The normalized spacial score (nSPS) is 9.07. The first-order valence-electron chi connectivity index (χ1n) is 3.48. The molecule has 0 aromatic carbocycles. The SMILES string of the molecule is CC(=O)O.CCON=C(C#N)C(=O)O. The zero-order valence-corrected chi connectivity index (χ0v) is 7.72. The molecule has 0 aliphatic rings. The Labute approximate surface area is 80.2 Å². The minimum atomic E-state index is -1.38. The Morgan fingerprint density at radius 2 is 1.93 bits per heavy atom. The van der Waals surface area contributed by atoms with Crippen LogP contribution in [0.2, 0.25) is 0 Å². The summed E-state index contributed by atoms with van der Waals surface area (Å²) in [7, 11) is 0. The second-order valence-corrected chi connectivity index (χ2v) is 1.79. The van der Waals surface area contributed by atoms with E-state index in [1.165, 1.54) is 6.07 Å². The third-order valence-corrected chi connectivity index (χ3v) is 0.593. The van der Waals surface area contributed by atoms with Gasteiger partial charge in [-0.1, -0.05) is 5.16 Å². The van der Waals surface area contributed by atoms with Gasteiger partial charge in [0, 0.05) is 6.92 Å². The lowest BCUT2D eigenvalue weighted by Crippen LogP contribution is -2.10. The molecule has 0 spiro atoms. The Balaban J connectivity index is 0. The molecule has 0 unspecified atom stereocenters. The van der Waals surface area contributed by atoms with E-state index in [9.17, 15) is 4.79 Å². The monoisotopic (exact) mass is 202 g/mol. The van der Waals surface area contributed by atoms with Crippen LogP contribution in [0, 0.1) is 11.3 Å². The molecular formula is C7H10N2O5. The van der Waals surface area contributed by atoms with Crippen LogP contribution in [0.4, 0.5) is 0 Å². The summed E-state index contributed by atoms with van der Waals surface area (Å²) in [5.41, 5.74) is -0.637. The molecule has 0 saturated carbocycles. The van der Waals surface area contributed by atoms with E-state index in [1.54, 1.807) is 6.92 Å². The Morgan fingerprint density at radius 1 is 1.50 bits per heavy atom. The first-order chi connectivity index (χ1) is 6.45. The van der Waals surface area contributed by atoms with E-state index in [4.69, 9.17) is 20.3 Å². The summed E-state index contributed by atoms with van der Waals surface area (Å²) in [4.78, 5) is 23.3. The molecule has 0 aromatic rings. The fourth-order valence-corrected chi connectivity index (χ4v) is 0.236. The molecule has 0 atom stereocenters. The van der Waals surface area contributed by atoms with Crippen LogP contribution >= 0.6 is 0 Å². The predicted octanol–water partition coefficient (Wildman–Crippen LogP) is 0.0780. The lowest BCUT2D eigenvalue weighted by Gasteiger charge is -1.89. The largest absolute Gasteiger partial charge is 0.481 e. The van der Waals surface area contributed by atoms with Crippen LogP contribution in [0.15, 0.2) is 5.16 Å². The van der Waals surface area contributed by atoms with Gasteiger partial charge < -0.3 is 15.1 Å². The fourth-order valence-electron chi connectivity index (χ4n) is 0.236. The number of nitriles is 1. The number of hydrogen-bond donors (Lipinski definition) is 2. The topological polar surface area (TPSA) is 120 Å². The van der Waals surface area contributed by atoms with Gasteiger partial charge in [0.15, 0.2) is 0 Å². The van der Waals surface area contributed by atoms with E-state index in [0.717, 1.165) is 6.92 Å². The molecule has 0 rings (SSSR count). The number of carbonyl (C=O) groups is 2. The Morgan fingerprint density at radius 3 is 2.14 bits per heavy atom. The summed E-state index contributed by atoms with van der Waals surface area (Å²) in [5.74, 6) is -2.21. The number of carboxylic acids is 2. The number of aliphatic carboxylic acids is 2. The number of nitrogens with zero attached hydrogens (tertiary/aromatic N) is 2. The number of carboxylic acid groups (broad SMARTS) is 2. The lowest BCUT2D eigenvalue weighted by molar-refractivity contribution is -0.134. The van der Waals surface area contributed by atoms with Crippen LogP contribution in [-0.2, 0) is 14.4 Å². The van der Waals surface area contributed by atoms with Gasteiger partial charge in [-0.3, -0.25) is 4.79 Å². The maximum Gasteiger partial charge on any atom is 0.369 e. The van der Waals surface area contributed by atoms with Crippen LogP contribution < -0.4 is 0 Å². The summed E-state index contributed by atoms with van der Waals surface area (Å²) in [5, 5.41) is 26.7. The Hall–Kier alpha value is -2.10. The van der Waals surface area contributed by atoms with Crippen molar-refractivity contribution in [2.45, 2.75) is 13.8 Å². The Kier molecular flexibility index (Phi) is 9.27. The molecule has 0 heterocycles. The van der Waals surface area contributed by atoms with Gasteiger partial charge in [0.2, 0.25) is 0 Å². The molecule has 7 heteroatoms. The van der Waals surface area contributed by atoms with Gasteiger partial charge in [-0.05, 0) is 6.92 Å². The molecule has 2 N–H and O–H groups in total. The number of rotatable bonds is 3. The van der Waals surface area contributed by atoms with Gasteiger partial charge in [-0.2, -0.15) is 5.26 Å². The van der Waals surface area contributed by atoms with E-state index in [-0.39, 0.29) is 6.61 Å². The highest BCUT2D eigenvalue weighted by Crippen LogP contribution is 1.79. The van der Waals surface area contributed by atoms with Crippen molar-refractivity contribution in [2.75, 3.05) is 6.61 Å².